The molecule has 2 nitrogen and oxygen atoms in total. The molecule has 0 spiro atoms. The Morgan fingerprint density at radius 1 is 1.45 bits per heavy atom. The molecule has 0 bridgehead atoms. The molecule has 3 N–H and O–H groups in total. The normalized spacial score (nSPS) is 10.0. The Morgan fingerprint density at radius 3 is 2.82 bits per heavy atom. The molecule has 0 aromatic heterocycles. The van der Waals surface area contributed by atoms with Crippen LogP contribution in [0.2, 0.25) is 0 Å². The van der Waals surface area contributed by atoms with Crippen molar-refractivity contribution in [3.8, 4) is 5.75 Å². The molecule has 0 heterocycles. The third kappa shape index (κ3) is 1.68. The minimum Gasteiger partial charge on any atom is -0.505 e. The molecule has 0 aliphatic rings. The molecule has 0 saturated heterocycles. The van der Waals surface area contributed by atoms with Crippen LogP contribution in [0, 0.1) is 5.82 Å². The van der Waals surface area contributed by atoms with Crippen molar-refractivity contribution in [2.45, 2.75) is 6.42 Å². The monoisotopic (exact) mass is 155 g/mol. The molecule has 0 fully saturated rings. The van der Waals surface area contributed by atoms with Gasteiger partial charge in [-0.2, -0.15) is 0 Å². The van der Waals surface area contributed by atoms with E-state index < -0.39 is 5.82 Å². The van der Waals surface area contributed by atoms with E-state index in [4.69, 9.17) is 10.8 Å². The van der Waals surface area contributed by atoms with Crippen molar-refractivity contribution in [1.29, 1.82) is 0 Å². The van der Waals surface area contributed by atoms with Crippen molar-refractivity contribution in [3.05, 3.63) is 29.6 Å². The third-order valence-electron chi connectivity index (χ3n) is 1.47. The quantitative estimate of drug-likeness (QED) is 0.670. The number of hydrogen-bond acceptors (Lipinski definition) is 2. The lowest BCUT2D eigenvalue weighted by Crippen LogP contribution is -2.04. The fraction of sp³-hybridized carbons (Fsp3) is 0.250. The summed E-state index contributed by atoms with van der Waals surface area (Å²) in [5.74, 6) is -0.867. The van der Waals surface area contributed by atoms with Gasteiger partial charge in [-0.05, 0) is 24.6 Å². The summed E-state index contributed by atoms with van der Waals surface area (Å²) in [5, 5.41) is 8.91. The minimum atomic E-state index is -0.557. The highest BCUT2D eigenvalue weighted by Crippen LogP contribution is 2.18. The van der Waals surface area contributed by atoms with Crippen LogP contribution in [0.4, 0.5) is 4.39 Å². The molecule has 0 atom stereocenters. The van der Waals surface area contributed by atoms with Crippen molar-refractivity contribution in [1.82, 2.24) is 0 Å². The molecule has 0 radical (unpaired) electrons. The lowest BCUT2D eigenvalue weighted by atomic mass is 10.1. The Balaban J connectivity index is 2.96. The molecule has 0 unspecified atom stereocenters. The maximum absolute atomic E-state index is 12.9. The Hall–Kier alpha value is -1.09. The number of aromatic hydroxyl groups is 1. The van der Waals surface area contributed by atoms with Gasteiger partial charge in [0.2, 0.25) is 0 Å². The van der Waals surface area contributed by atoms with Crippen LogP contribution in [0.25, 0.3) is 0 Å². The summed E-state index contributed by atoms with van der Waals surface area (Å²) in [6.45, 7) is 0.389. The second kappa shape index (κ2) is 3.34. The number of halogens is 1. The first-order valence-corrected chi connectivity index (χ1v) is 3.42. The average molecular weight is 155 g/mol. The van der Waals surface area contributed by atoms with Crippen LogP contribution in [-0.2, 0) is 6.42 Å². The van der Waals surface area contributed by atoms with Gasteiger partial charge >= 0.3 is 0 Å². The Bertz CT molecular complexity index is 250. The van der Waals surface area contributed by atoms with E-state index in [-0.39, 0.29) is 5.75 Å². The highest BCUT2D eigenvalue weighted by Gasteiger charge is 2.04. The van der Waals surface area contributed by atoms with Crippen LogP contribution in [-0.4, -0.2) is 11.7 Å². The Morgan fingerprint density at radius 2 is 2.18 bits per heavy atom. The van der Waals surface area contributed by atoms with Gasteiger partial charge < -0.3 is 10.8 Å². The standard InChI is InChI=1S/C8H10FNO/c9-8-6(4-5-10)2-1-3-7(8)11/h1-3,11H,4-5,10H2. The first kappa shape index (κ1) is 8.01. The number of benzene rings is 1. The fourth-order valence-corrected chi connectivity index (χ4v) is 0.915. The van der Waals surface area contributed by atoms with E-state index in [1.165, 1.54) is 6.07 Å². The molecule has 0 amide bonds. The zero-order valence-electron chi connectivity index (χ0n) is 6.05. The van der Waals surface area contributed by atoms with Crippen LogP contribution in [0.5, 0.6) is 5.75 Å². The molecular weight excluding hydrogens is 145 g/mol. The predicted molar refractivity (Wildman–Crippen MR) is 40.8 cm³/mol. The number of phenolic OH excluding ortho intramolecular Hbond substituents is 1. The summed E-state index contributed by atoms with van der Waals surface area (Å²) in [6.07, 6.45) is 0.459. The van der Waals surface area contributed by atoms with Crippen molar-refractivity contribution in [2.75, 3.05) is 6.54 Å². The molecule has 11 heavy (non-hydrogen) atoms. The van der Waals surface area contributed by atoms with Gasteiger partial charge in [0.25, 0.3) is 0 Å². The maximum atomic E-state index is 12.9. The zero-order valence-corrected chi connectivity index (χ0v) is 6.05. The van der Waals surface area contributed by atoms with E-state index in [9.17, 15) is 4.39 Å². The smallest absolute Gasteiger partial charge is 0.168 e. The number of phenols is 1. The van der Waals surface area contributed by atoms with Crippen molar-refractivity contribution < 1.29 is 9.50 Å². The number of rotatable bonds is 2. The van der Waals surface area contributed by atoms with Crippen molar-refractivity contribution in [3.63, 3.8) is 0 Å². The summed E-state index contributed by atoms with van der Waals surface area (Å²) in [6, 6.07) is 4.53. The summed E-state index contributed by atoms with van der Waals surface area (Å²) in [7, 11) is 0. The lowest BCUT2D eigenvalue weighted by Gasteiger charge is -2.01. The molecule has 1 rings (SSSR count). The highest BCUT2D eigenvalue weighted by atomic mass is 19.1. The van der Waals surface area contributed by atoms with E-state index in [0.29, 0.717) is 18.5 Å². The van der Waals surface area contributed by atoms with E-state index in [0.717, 1.165) is 0 Å². The largest absolute Gasteiger partial charge is 0.505 e. The van der Waals surface area contributed by atoms with E-state index >= 15 is 0 Å². The van der Waals surface area contributed by atoms with Crippen molar-refractivity contribution >= 4 is 0 Å². The first-order chi connectivity index (χ1) is 5.25. The molecule has 0 aliphatic heterocycles. The molecule has 60 valence electrons. The van der Waals surface area contributed by atoms with Crippen LogP contribution in [0.3, 0.4) is 0 Å². The summed E-state index contributed by atoms with van der Waals surface area (Å²) in [5.41, 5.74) is 5.70. The second-order valence-corrected chi connectivity index (χ2v) is 2.29. The van der Waals surface area contributed by atoms with Crippen LogP contribution in [0.15, 0.2) is 18.2 Å². The molecule has 1 aromatic rings. The SMILES string of the molecule is NCCc1cccc(O)c1F. The third-order valence-corrected chi connectivity index (χ3v) is 1.47. The molecule has 3 heteroatoms. The van der Waals surface area contributed by atoms with Gasteiger partial charge in [-0.25, -0.2) is 4.39 Å². The Kier molecular flexibility index (Phi) is 2.44. The van der Waals surface area contributed by atoms with Gasteiger partial charge in [0, 0.05) is 0 Å². The van der Waals surface area contributed by atoms with Crippen LogP contribution in [0.1, 0.15) is 5.56 Å². The van der Waals surface area contributed by atoms with Gasteiger partial charge in [0.1, 0.15) is 0 Å². The van der Waals surface area contributed by atoms with Crippen LogP contribution < -0.4 is 5.73 Å². The molecular formula is C8H10FNO. The Labute approximate surface area is 64.5 Å². The summed E-state index contributed by atoms with van der Waals surface area (Å²) >= 11 is 0. The van der Waals surface area contributed by atoms with E-state index in [2.05, 4.69) is 0 Å². The predicted octanol–water partition coefficient (Wildman–Crippen LogP) is 1.03. The first-order valence-electron chi connectivity index (χ1n) is 3.42. The van der Waals surface area contributed by atoms with Gasteiger partial charge in [0.15, 0.2) is 11.6 Å². The van der Waals surface area contributed by atoms with Gasteiger partial charge in [-0.1, -0.05) is 12.1 Å². The van der Waals surface area contributed by atoms with Gasteiger partial charge in [-0.15, -0.1) is 0 Å². The molecule has 1 aromatic carbocycles. The molecule has 0 saturated carbocycles. The summed E-state index contributed by atoms with van der Waals surface area (Å²) < 4.78 is 12.9. The average Bonchev–Trinajstić information content (AvgIpc) is 1.99. The van der Waals surface area contributed by atoms with E-state index in [1.807, 2.05) is 0 Å². The van der Waals surface area contributed by atoms with E-state index in [1.54, 1.807) is 12.1 Å². The topological polar surface area (TPSA) is 46.2 Å². The fourth-order valence-electron chi connectivity index (χ4n) is 0.915. The minimum absolute atomic E-state index is 0.309. The lowest BCUT2D eigenvalue weighted by molar-refractivity contribution is 0.428. The van der Waals surface area contributed by atoms with Gasteiger partial charge in [0.05, 0.1) is 0 Å². The van der Waals surface area contributed by atoms with Crippen LogP contribution >= 0.6 is 0 Å². The maximum Gasteiger partial charge on any atom is 0.168 e. The number of hydrogen-bond donors (Lipinski definition) is 2. The second-order valence-electron chi connectivity index (χ2n) is 2.29. The summed E-state index contributed by atoms with van der Waals surface area (Å²) in [4.78, 5) is 0. The number of nitrogens with two attached hydrogens (primary N) is 1. The zero-order chi connectivity index (χ0) is 8.27. The van der Waals surface area contributed by atoms with Crippen molar-refractivity contribution in [2.24, 2.45) is 5.73 Å². The molecule has 0 aliphatic carbocycles. The van der Waals surface area contributed by atoms with Gasteiger partial charge in [-0.3, -0.25) is 0 Å². The highest BCUT2D eigenvalue weighted by molar-refractivity contribution is 5.29.